The molecular formula is C16H26O2. The first-order chi connectivity index (χ1) is 8.41. The van der Waals surface area contributed by atoms with Gasteiger partial charge in [-0.25, -0.2) is 0 Å². The molecule has 2 rings (SSSR count). The summed E-state index contributed by atoms with van der Waals surface area (Å²) in [5.41, 5.74) is 2.17. The Labute approximate surface area is 110 Å². The van der Waals surface area contributed by atoms with Crippen LogP contribution in [0.15, 0.2) is 4.42 Å². The molecule has 102 valence electrons. The number of hydrogen-bond acceptors (Lipinski definition) is 2. The highest BCUT2D eigenvalue weighted by atomic mass is 16.3. The lowest BCUT2D eigenvalue weighted by molar-refractivity contribution is 0.0547. The van der Waals surface area contributed by atoms with Gasteiger partial charge in [0.05, 0.1) is 6.10 Å². The Bertz CT molecular complexity index is 419. The van der Waals surface area contributed by atoms with Gasteiger partial charge in [0.25, 0.3) is 0 Å². The fourth-order valence-electron chi connectivity index (χ4n) is 3.36. The molecule has 0 amide bonds. The zero-order valence-electron chi connectivity index (χ0n) is 12.3. The predicted octanol–water partition coefficient (Wildman–Crippen LogP) is 4.31. The van der Waals surface area contributed by atoms with Crippen LogP contribution in [0.25, 0.3) is 0 Å². The average Bonchev–Trinajstić information content (AvgIpc) is 2.56. The van der Waals surface area contributed by atoms with Crippen LogP contribution in [0.3, 0.4) is 0 Å². The van der Waals surface area contributed by atoms with Crippen molar-refractivity contribution in [1.82, 2.24) is 0 Å². The number of rotatable bonds is 2. The molecule has 1 aliphatic carbocycles. The van der Waals surface area contributed by atoms with Crippen molar-refractivity contribution in [2.75, 3.05) is 0 Å². The lowest BCUT2D eigenvalue weighted by Crippen LogP contribution is -2.25. The molecule has 1 aliphatic rings. The first kappa shape index (κ1) is 13.7. The fraction of sp³-hybridized carbons (Fsp3) is 0.750. The minimum absolute atomic E-state index is 0.350. The van der Waals surface area contributed by atoms with Gasteiger partial charge in [0.2, 0.25) is 0 Å². The van der Waals surface area contributed by atoms with Crippen LogP contribution in [0.1, 0.15) is 61.9 Å². The molecule has 1 heterocycles. The standard InChI is InChI=1S/C16H26O2/c1-9-6-7-14(8-10(9)2)16(17)15-11(3)12(4)18-13(15)5/h9-10,14,16-17H,6-8H2,1-5H3. The predicted molar refractivity (Wildman–Crippen MR) is 73.5 cm³/mol. The smallest absolute Gasteiger partial charge is 0.107 e. The zero-order valence-corrected chi connectivity index (χ0v) is 12.3. The summed E-state index contributed by atoms with van der Waals surface area (Å²) in [6, 6.07) is 0. The number of aryl methyl sites for hydroxylation is 2. The van der Waals surface area contributed by atoms with Crippen molar-refractivity contribution in [2.24, 2.45) is 17.8 Å². The van der Waals surface area contributed by atoms with E-state index in [0.717, 1.165) is 41.4 Å². The highest BCUT2D eigenvalue weighted by Gasteiger charge is 2.32. The maximum Gasteiger partial charge on any atom is 0.107 e. The molecule has 1 N–H and O–H groups in total. The van der Waals surface area contributed by atoms with Gasteiger partial charge in [-0.3, -0.25) is 0 Å². The summed E-state index contributed by atoms with van der Waals surface area (Å²) in [5.74, 6) is 3.74. The van der Waals surface area contributed by atoms with Gasteiger partial charge in [0, 0.05) is 5.56 Å². The number of furan rings is 1. The van der Waals surface area contributed by atoms with Crippen molar-refractivity contribution in [3.05, 3.63) is 22.6 Å². The van der Waals surface area contributed by atoms with Crippen LogP contribution in [-0.4, -0.2) is 5.11 Å². The summed E-state index contributed by atoms with van der Waals surface area (Å²) in [6.45, 7) is 10.6. The zero-order chi connectivity index (χ0) is 13.4. The van der Waals surface area contributed by atoms with Crippen molar-refractivity contribution < 1.29 is 9.52 Å². The van der Waals surface area contributed by atoms with Gasteiger partial charge >= 0.3 is 0 Å². The molecule has 2 heteroatoms. The Balaban J connectivity index is 2.18. The summed E-state index contributed by atoms with van der Waals surface area (Å²) in [6.07, 6.45) is 3.15. The maximum atomic E-state index is 10.7. The van der Waals surface area contributed by atoms with Crippen molar-refractivity contribution in [3.8, 4) is 0 Å². The molecule has 0 spiro atoms. The Kier molecular flexibility index (Phi) is 3.86. The monoisotopic (exact) mass is 250 g/mol. The van der Waals surface area contributed by atoms with Crippen molar-refractivity contribution in [1.29, 1.82) is 0 Å². The van der Waals surface area contributed by atoms with Gasteiger partial charge < -0.3 is 9.52 Å². The Morgan fingerprint density at radius 3 is 2.22 bits per heavy atom. The van der Waals surface area contributed by atoms with Crippen molar-refractivity contribution >= 4 is 0 Å². The molecule has 4 atom stereocenters. The molecular weight excluding hydrogens is 224 g/mol. The van der Waals surface area contributed by atoms with Crippen LogP contribution >= 0.6 is 0 Å². The third-order valence-corrected chi connectivity index (χ3v) is 5.00. The Morgan fingerprint density at radius 1 is 1.06 bits per heavy atom. The lowest BCUT2D eigenvalue weighted by Gasteiger charge is -2.34. The molecule has 1 saturated carbocycles. The summed E-state index contributed by atoms with van der Waals surface area (Å²) in [5, 5.41) is 10.7. The molecule has 0 bridgehead atoms. The summed E-state index contributed by atoms with van der Waals surface area (Å²) >= 11 is 0. The van der Waals surface area contributed by atoms with E-state index in [4.69, 9.17) is 4.42 Å². The molecule has 0 aromatic carbocycles. The van der Waals surface area contributed by atoms with Crippen LogP contribution in [0.5, 0.6) is 0 Å². The van der Waals surface area contributed by atoms with Gasteiger partial charge in [-0.15, -0.1) is 0 Å². The van der Waals surface area contributed by atoms with Gasteiger partial charge in [-0.2, -0.15) is 0 Å². The highest BCUT2D eigenvalue weighted by molar-refractivity contribution is 5.33. The van der Waals surface area contributed by atoms with Crippen LogP contribution in [-0.2, 0) is 0 Å². The van der Waals surface area contributed by atoms with Crippen LogP contribution in [0.2, 0.25) is 0 Å². The van der Waals surface area contributed by atoms with E-state index >= 15 is 0 Å². The third-order valence-electron chi connectivity index (χ3n) is 5.00. The van der Waals surface area contributed by atoms with Gasteiger partial charge in [-0.1, -0.05) is 20.3 Å². The summed E-state index contributed by atoms with van der Waals surface area (Å²) < 4.78 is 5.65. The molecule has 1 aromatic heterocycles. The van der Waals surface area contributed by atoms with Gasteiger partial charge in [0.15, 0.2) is 0 Å². The van der Waals surface area contributed by atoms with E-state index in [-0.39, 0.29) is 6.10 Å². The molecule has 1 aromatic rings. The average molecular weight is 250 g/mol. The molecule has 1 fully saturated rings. The van der Waals surface area contributed by atoms with E-state index < -0.39 is 0 Å². The normalized spacial score (nSPS) is 30.4. The second-order valence-electron chi connectivity index (χ2n) is 6.23. The van der Waals surface area contributed by atoms with E-state index in [9.17, 15) is 5.11 Å². The maximum absolute atomic E-state index is 10.7. The van der Waals surface area contributed by atoms with E-state index in [1.54, 1.807) is 0 Å². The van der Waals surface area contributed by atoms with Crippen LogP contribution < -0.4 is 0 Å². The largest absolute Gasteiger partial charge is 0.466 e. The molecule has 0 saturated heterocycles. The minimum atomic E-state index is -0.350. The topological polar surface area (TPSA) is 33.4 Å². The second-order valence-corrected chi connectivity index (χ2v) is 6.23. The first-order valence-corrected chi connectivity index (χ1v) is 7.16. The minimum Gasteiger partial charge on any atom is -0.466 e. The van der Waals surface area contributed by atoms with E-state index in [1.165, 1.54) is 6.42 Å². The molecule has 0 radical (unpaired) electrons. The molecule has 0 aliphatic heterocycles. The van der Waals surface area contributed by atoms with Crippen molar-refractivity contribution in [2.45, 2.75) is 60.0 Å². The molecule has 2 nitrogen and oxygen atoms in total. The van der Waals surface area contributed by atoms with Crippen LogP contribution in [0, 0.1) is 38.5 Å². The first-order valence-electron chi connectivity index (χ1n) is 7.16. The van der Waals surface area contributed by atoms with Crippen molar-refractivity contribution in [3.63, 3.8) is 0 Å². The van der Waals surface area contributed by atoms with Gasteiger partial charge in [-0.05, 0) is 56.9 Å². The Morgan fingerprint density at radius 2 is 1.72 bits per heavy atom. The van der Waals surface area contributed by atoms with E-state index in [2.05, 4.69) is 20.8 Å². The molecule has 18 heavy (non-hydrogen) atoms. The van der Waals surface area contributed by atoms with Crippen LogP contribution in [0.4, 0.5) is 0 Å². The Hall–Kier alpha value is -0.760. The number of aliphatic hydroxyl groups is 1. The number of aliphatic hydroxyl groups excluding tert-OH is 1. The second kappa shape index (κ2) is 5.08. The van der Waals surface area contributed by atoms with E-state index in [1.807, 2.05) is 13.8 Å². The molecule has 4 unspecified atom stereocenters. The summed E-state index contributed by atoms with van der Waals surface area (Å²) in [4.78, 5) is 0. The fourth-order valence-corrected chi connectivity index (χ4v) is 3.36. The lowest BCUT2D eigenvalue weighted by atomic mass is 9.72. The summed E-state index contributed by atoms with van der Waals surface area (Å²) in [7, 11) is 0. The third kappa shape index (κ3) is 2.35. The quantitative estimate of drug-likeness (QED) is 0.848. The number of hydrogen-bond donors (Lipinski definition) is 1. The van der Waals surface area contributed by atoms with Gasteiger partial charge in [0.1, 0.15) is 11.5 Å². The SMILES string of the molecule is Cc1oc(C)c(C(O)C2CCC(C)C(C)C2)c1C. The van der Waals surface area contributed by atoms with E-state index in [0.29, 0.717) is 11.8 Å². The highest BCUT2D eigenvalue weighted by Crippen LogP contribution is 2.42.